The van der Waals surface area contributed by atoms with Crippen LogP contribution in [0.1, 0.15) is 1.43 Å². The molecule has 0 radical (unpaired) electrons. The van der Waals surface area contributed by atoms with Crippen molar-refractivity contribution in [3.05, 3.63) is 28.3 Å². The molecule has 1 aromatic rings. The van der Waals surface area contributed by atoms with E-state index in [1.54, 1.807) is 0 Å². The SMILES string of the molecule is Nc1ccc([N+](=O)[O-])cc1S(=O)(=O)O.[H-].[Na+]. The van der Waals surface area contributed by atoms with Gasteiger partial charge in [-0.05, 0) is 6.07 Å². The maximum atomic E-state index is 10.7. The number of anilines is 1. The average Bonchev–Trinajstić information content (AvgIpc) is 2.02. The van der Waals surface area contributed by atoms with Crippen molar-refractivity contribution in [3.63, 3.8) is 0 Å². The summed E-state index contributed by atoms with van der Waals surface area (Å²) in [6, 6.07) is 2.79. The molecule has 0 heterocycles. The van der Waals surface area contributed by atoms with Gasteiger partial charge in [-0.1, -0.05) is 0 Å². The molecule has 0 atom stereocenters. The van der Waals surface area contributed by atoms with Crippen LogP contribution >= 0.6 is 0 Å². The van der Waals surface area contributed by atoms with Crippen LogP contribution in [0.3, 0.4) is 0 Å². The smallest absolute Gasteiger partial charge is 1.00 e. The second kappa shape index (κ2) is 4.90. The zero-order chi connectivity index (χ0) is 10.9. The summed E-state index contributed by atoms with van der Waals surface area (Å²) < 4.78 is 30.0. The molecule has 0 bridgehead atoms. The van der Waals surface area contributed by atoms with Gasteiger partial charge in [0.2, 0.25) is 0 Å². The quantitative estimate of drug-likeness (QED) is 0.195. The van der Waals surface area contributed by atoms with Crippen molar-refractivity contribution in [2.75, 3.05) is 5.73 Å². The van der Waals surface area contributed by atoms with Gasteiger partial charge >= 0.3 is 29.6 Å². The average molecular weight is 242 g/mol. The van der Waals surface area contributed by atoms with E-state index in [2.05, 4.69) is 0 Å². The fraction of sp³-hybridized carbons (Fsp3) is 0. The van der Waals surface area contributed by atoms with Crippen LogP contribution in [0.4, 0.5) is 11.4 Å². The summed E-state index contributed by atoms with van der Waals surface area (Å²) in [6.07, 6.45) is 0. The fourth-order valence-corrected chi connectivity index (χ4v) is 1.50. The first-order valence-electron chi connectivity index (χ1n) is 3.34. The Kier molecular flexibility index (Phi) is 4.68. The van der Waals surface area contributed by atoms with Crippen LogP contribution in [0.25, 0.3) is 0 Å². The normalized spacial score (nSPS) is 10.5. The third kappa shape index (κ3) is 3.43. The standard InChI is InChI=1S/C6H6N2O5S.Na.H/c7-5-2-1-4(8(9)10)3-6(5)14(11,12)13;;/h1-3H,7H2,(H,11,12,13);;/q;+1;-1. The van der Waals surface area contributed by atoms with E-state index in [1.165, 1.54) is 0 Å². The summed E-state index contributed by atoms with van der Waals surface area (Å²) in [5.41, 5.74) is 4.52. The van der Waals surface area contributed by atoms with E-state index in [-0.39, 0.29) is 36.7 Å². The molecule has 1 aromatic carbocycles. The fourth-order valence-electron chi connectivity index (χ4n) is 0.860. The maximum absolute atomic E-state index is 10.7. The Morgan fingerprint density at radius 3 is 2.40 bits per heavy atom. The number of nitrogens with zero attached hydrogens (tertiary/aromatic N) is 1. The van der Waals surface area contributed by atoms with Crippen LogP contribution < -0.4 is 35.3 Å². The van der Waals surface area contributed by atoms with Crippen LogP contribution in [0.5, 0.6) is 0 Å². The van der Waals surface area contributed by atoms with Crippen molar-refractivity contribution in [1.82, 2.24) is 0 Å². The summed E-state index contributed by atoms with van der Waals surface area (Å²) in [6.45, 7) is 0. The third-order valence-electron chi connectivity index (χ3n) is 1.49. The van der Waals surface area contributed by atoms with Gasteiger partial charge in [-0.2, -0.15) is 8.42 Å². The Balaban J connectivity index is 0. The van der Waals surface area contributed by atoms with Crippen molar-refractivity contribution in [1.29, 1.82) is 0 Å². The zero-order valence-electron chi connectivity index (χ0n) is 8.75. The molecule has 1 rings (SSSR count). The number of non-ortho nitro benzene ring substituents is 1. The van der Waals surface area contributed by atoms with E-state index >= 15 is 0 Å². The van der Waals surface area contributed by atoms with Crippen molar-refractivity contribution in [2.45, 2.75) is 4.90 Å². The maximum Gasteiger partial charge on any atom is 1.00 e. The predicted molar refractivity (Wildman–Crippen MR) is 48.4 cm³/mol. The number of nitrogen functional groups attached to an aromatic ring is 1. The summed E-state index contributed by atoms with van der Waals surface area (Å²) in [4.78, 5) is 8.84. The molecule has 0 aliphatic carbocycles. The summed E-state index contributed by atoms with van der Waals surface area (Å²) >= 11 is 0. The molecule has 78 valence electrons. The molecular weight excluding hydrogens is 235 g/mol. The number of rotatable bonds is 2. The number of benzene rings is 1. The predicted octanol–water partition coefficient (Wildman–Crippen LogP) is -2.46. The Morgan fingerprint density at radius 2 is 2.00 bits per heavy atom. The van der Waals surface area contributed by atoms with Crippen LogP contribution in [0, 0.1) is 10.1 Å². The van der Waals surface area contributed by atoms with Crippen LogP contribution in [0.15, 0.2) is 23.1 Å². The minimum atomic E-state index is -4.52. The monoisotopic (exact) mass is 242 g/mol. The Morgan fingerprint density at radius 1 is 1.47 bits per heavy atom. The van der Waals surface area contributed by atoms with E-state index in [1.807, 2.05) is 0 Å². The van der Waals surface area contributed by atoms with Gasteiger partial charge in [0.05, 0.1) is 10.6 Å². The number of nitro groups is 1. The van der Waals surface area contributed by atoms with Gasteiger partial charge < -0.3 is 7.16 Å². The second-order valence-electron chi connectivity index (χ2n) is 2.45. The Labute approximate surface area is 109 Å². The van der Waals surface area contributed by atoms with Crippen molar-refractivity contribution in [3.8, 4) is 0 Å². The van der Waals surface area contributed by atoms with Crippen molar-refractivity contribution < 1.29 is 48.9 Å². The third-order valence-corrected chi connectivity index (χ3v) is 2.40. The molecule has 0 unspecified atom stereocenters. The molecule has 0 amide bonds. The molecule has 0 aromatic heterocycles. The largest absolute Gasteiger partial charge is 1.00 e. The molecular formula is C6H7N2NaO5S. The van der Waals surface area contributed by atoms with Gasteiger partial charge in [-0.25, -0.2) is 0 Å². The first-order chi connectivity index (χ1) is 6.32. The molecule has 0 fully saturated rings. The van der Waals surface area contributed by atoms with Crippen LogP contribution in [-0.4, -0.2) is 17.9 Å². The molecule has 0 saturated heterocycles. The number of nitro benzene ring substituents is 1. The van der Waals surface area contributed by atoms with Crippen LogP contribution in [-0.2, 0) is 10.1 Å². The minimum absolute atomic E-state index is 0. The number of hydrogen-bond donors (Lipinski definition) is 2. The van der Waals surface area contributed by atoms with Crippen LogP contribution in [0.2, 0.25) is 0 Å². The molecule has 0 saturated carbocycles. The number of nitrogens with two attached hydrogens (primary N) is 1. The molecule has 15 heavy (non-hydrogen) atoms. The molecule has 3 N–H and O–H groups in total. The first-order valence-corrected chi connectivity index (χ1v) is 4.78. The minimum Gasteiger partial charge on any atom is -1.00 e. The molecule has 9 heteroatoms. The molecule has 7 nitrogen and oxygen atoms in total. The Bertz CT molecular complexity index is 492. The van der Waals surface area contributed by atoms with E-state index < -0.39 is 25.6 Å². The zero-order valence-corrected chi connectivity index (χ0v) is 10.6. The van der Waals surface area contributed by atoms with Gasteiger partial charge in [0, 0.05) is 12.1 Å². The van der Waals surface area contributed by atoms with Gasteiger partial charge in [-0.15, -0.1) is 0 Å². The summed E-state index contributed by atoms with van der Waals surface area (Å²) in [5, 5.41) is 10.3. The summed E-state index contributed by atoms with van der Waals surface area (Å²) in [7, 11) is -4.52. The van der Waals surface area contributed by atoms with E-state index in [9.17, 15) is 18.5 Å². The second-order valence-corrected chi connectivity index (χ2v) is 3.84. The van der Waals surface area contributed by atoms with Crippen molar-refractivity contribution >= 4 is 21.5 Å². The van der Waals surface area contributed by atoms with Gasteiger partial charge in [0.15, 0.2) is 0 Å². The van der Waals surface area contributed by atoms with Gasteiger partial charge in [0.1, 0.15) is 4.90 Å². The molecule has 0 aliphatic rings. The van der Waals surface area contributed by atoms with E-state index in [0.29, 0.717) is 6.07 Å². The van der Waals surface area contributed by atoms with E-state index in [0.717, 1.165) is 12.1 Å². The topological polar surface area (TPSA) is 124 Å². The van der Waals surface area contributed by atoms with Crippen molar-refractivity contribution in [2.24, 2.45) is 0 Å². The number of hydrogen-bond acceptors (Lipinski definition) is 5. The Hall–Kier alpha value is -0.670. The summed E-state index contributed by atoms with van der Waals surface area (Å²) in [5.74, 6) is 0. The molecule has 0 spiro atoms. The first kappa shape index (κ1) is 14.3. The van der Waals surface area contributed by atoms with Gasteiger partial charge in [0.25, 0.3) is 15.8 Å². The molecule has 0 aliphatic heterocycles. The van der Waals surface area contributed by atoms with Gasteiger partial charge in [-0.3, -0.25) is 14.7 Å². The van der Waals surface area contributed by atoms with E-state index in [4.69, 9.17) is 10.3 Å².